The van der Waals surface area contributed by atoms with Crippen LogP contribution in [0.15, 0.2) is 59.6 Å². The number of hydrogen-bond donors (Lipinski definition) is 0. The Morgan fingerprint density at radius 3 is 2.32 bits per heavy atom. The number of rotatable bonds is 3. The molecular formula is C18H20N2O2. The van der Waals surface area contributed by atoms with Gasteiger partial charge in [-0.1, -0.05) is 30.3 Å². The first-order chi connectivity index (χ1) is 10.9. The average molecular weight is 296 g/mol. The molecule has 0 radical (unpaired) electrons. The van der Waals surface area contributed by atoms with Crippen LogP contribution in [0.1, 0.15) is 5.56 Å². The van der Waals surface area contributed by atoms with Gasteiger partial charge in [-0.05, 0) is 24.3 Å². The Kier molecular flexibility index (Phi) is 4.71. The van der Waals surface area contributed by atoms with E-state index in [1.807, 2.05) is 42.5 Å². The van der Waals surface area contributed by atoms with E-state index in [1.165, 1.54) is 0 Å². The van der Waals surface area contributed by atoms with Crippen molar-refractivity contribution in [3.8, 4) is 5.75 Å². The first-order valence-electron chi connectivity index (χ1n) is 7.48. The van der Waals surface area contributed by atoms with Crippen LogP contribution >= 0.6 is 0 Å². The van der Waals surface area contributed by atoms with Gasteiger partial charge in [0.25, 0.3) is 0 Å². The molecule has 0 unspecified atom stereocenters. The van der Waals surface area contributed by atoms with Crippen LogP contribution in [0.3, 0.4) is 0 Å². The van der Waals surface area contributed by atoms with Crippen LogP contribution in [0.2, 0.25) is 0 Å². The van der Waals surface area contributed by atoms with Gasteiger partial charge in [-0.2, -0.15) is 0 Å². The van der Waals surface area contributed by atoms with Crippen LogP contribution in [-0.2, 0) is 4.74 Å². The van der Waals surface area contributed by atoms with Crippen molar-refractivity contribution in [2.24, 2.45) is 4.99 Å². The van der Waals surface area contributed by atoms with E-state index in [0.717, 1.165) is 49.1 Å². The summed E-state index contributed by atoms with van der Waals surface area (Å²) < 4.78 is 10.7. The van der Waals surface area contributed by atoms with Crippen LogP contribution in [0, 0.1) is 0 Å². The number of morpholine rings is 1. The summed E-state index contributed by atoms with van der Waals surface area (Å²) >= 11 is 0. The van der Waals surface area contributed by atoms with E-state index in [4.69, 9.17) is 14.5 Å². The molecule has 114 valence electrons. The Morgan fingerprint density at radius 1 is 1.00 bits per heavy atom. The number of nitrogens with zero attached hydrogens (tertiary/aromatic N) is 2. The molecule has 1 heterocycles. The van der Waals surface area contributed by atoms with Gasteiger partial charge in [-0.15, -0.1) is 0 Å². The van der Waals surface area contributed by atoms with Gasteiger partial charge >= 0.3 is 0 Å². The minimum absolute atomic E-state index is 0.745. The summed E-state index contributed by atoms with van der Waals surface area (Å²) in [7, 11) is 1.67. The van der Waals surface area contributed by atoms with Crippen molar-refractivity contribution in [2.45, 2.75) is 0 Å². The Hall–Kier alpha value is -2.33. The second-order valence-electron chi connectivity index (χ2n) is 5.10. The van der Waals surface area contributed by atoms with E-state index in [0.29, 0.717) is 0 Å². The molecule has 0 spiro atoms. The minimum Gasteiger partial charge on any atom is -0.497 e. The van der Waals surface area contributed by atoms with Crippen LogP contribution in [0.4, 0.5) is 5.69 Å². The molecule has 0 N–H and O–H groups in total. The average Bonchev–Trinajstić information content (AvgIpc) is 2.62. The zero-order valence-electron chi connectivity index (χ0n) is 12.7. The Balaban J connectivity index is 1.94. The Labute approximate surface area is 131 Å². The third-order valence-electron chi connectivity index (χ3n) is 3.65. The van der Waals surface area contributed by atoms with E-state index in [-0.39, 0.29) is 0 Å². The number of aliphatic imine (C=N–C) groups is 1. The van der Waals surface area contributed by atoms with Gasteiger partial charge in [-0.25, -0.2) is 4.99 Å². The summed E-state index contributed by atoms with van der Waals surface area (Å²) in [6.45, 7) is 3.22. The summed E-state index contributed by atoms with van der Waals surface area (Å²) in [6, 6.07) is 18.1. The van der Waals surface area contributed by atoms with Crippen LogP contribution in [0.25, 0.3) is 0 Å². The van der Waals surface area contributed by atoms with Crippen molar-refractivity contribution in [3.63, 3.8) is 0 Å². The third-order valence-corrected chi connectivity index (χ3v) is 3.65. The monoisotopic (exact) mass is 296 g/mol. The second kappa shape index (κ2) is 7.09. The molecule has 1 aliphatic rings. The van der Waals surface area contributed by atoms with Gasteiger partial charge < -0.3 is 14.4 Å². The van der Waals surface area contributed by atoms with Crippen LogP contribution in [0.5, 0.6) is 5.75 Å². The topological polar surface area (TPSA) is 34.1 Å². The maximum absolute atomic E-state index is 5.45. The molecule has 1 saturated heterocycles. The van der Waals surface area contributed by atoms with E-state index in [1.54, 1.807) is 7.11 Å². The molecule has 2 aromatic rings. The van der Waals surface area contributed by atoms with Gasteiger partial charge in [0, 0.05) is 18.7 Å². The highest BCUT2D eigenvalue weighted by atomic mass is 16.5. The molecular weight excluding hydrogens is 276 g/mol. The predicted molar refractivity (Wildman–Crippen MR) is 88.0 cm³/mol. The summed E-state index contributed by atoms with van der Waals surface area (Å²) in [5.41, 5.74) is 2.05. The maximum Gasteiger partial charge on any atom is 0.136 e. The van der Waals surface area contributed by atoms with Crippen molar-refractivity contribution < 1.29 is 9.47 Å². The molecule has 0 aromatic heterocycles. The largest absolute Gasteiger partial charge is 0.497 e. The smallest absolute Gasteiger partial charge is 0.136 e. The molecule has 2 aromatic carbocycles. The summed E-state index contributed by atoms with van der Waals surface area (Å²) in [4.78, 5) is 7.14. The highest BCUT2D eigenvalue weighted by Crippen LogP contribution is 2.20. The van der Waals surface area contributed by atoms with E-state index in [2.05, 4.69) is 17.0 Å². The summed E-state index contributed by atoms with van der Waals surface area (Å²) in [6.07, 6.45) is 0. The number of ether oxygens (including phenoxy) is 2. The highest BCUT2D eigenvalue weighted by Gasteiger charge is 2.16. The normalized spacial score (nSPS) is 15.7. The highest BCUT2D eigenvalue weighted by molar-refractivity contribution is 6.00. The zero-order valence-corrected chi connectivity index (χ0v) is 12.7. The predicted octanol–water partition coefficient (Wildman–Crippen LogP) is 3.11. The number of amidine groups is 1. The third kappa shape index (κ3) is 3.46. The van der Waals surface area contributed by atoms with Crippen molar-refractivity contribution in [3.05, 3.63) is 60.2 Å². The fourth-order valence-electron chi connectivity index (χ4n) is 2.46. The van der Waals surface area contributed by atoms with Gasteiger partial charge in [-0.3, -0.25) is 0 Å². The van der Waals surface area contributed by atoms with Gasteiger partial charge in [0.05, 0.1) is 26.0 Å². The van der Waals surface area contributed by atoms with E-state index < -0.39 is 0 Å². The fourth-order valence-corrected chi connectivity index (χ4v) is 2.46. The van der Waals surface area contributed by atoms with Crippen molar-refractivity contribution >= 4 is 11.5 Å². The Morgan fingerprint density at radius 2 is 1.68 bits per heavy atom. The lowest BCUT2D eigenvalue weighted by atomic mass is 10.1. The van der Waals surface area contributed by atoms with Crippen LogP contribution < -0.4 is 4.74 Å². The second-order valence-corrected chi connectivity index (χ2v) is 5.10. The van der Waals surface area contributed by atoms with Gasteiger partial charge in [0.2, 0.25) is 0 Å². The molecule has 1 fully saturated rings. The number of methoxy groups -OCH3 is 1. The first kappa shape index (κ1) is 14.6. The molecule has 1 aliphatic heterocycles. The SMILES string of the molecule is COc1ccc(N=C(c2ccccc2)N2CCOCC2)cc1. The number of benzene rings is 2. The molecule has 22 heavy (non-hydrogen) atoms. The van der Waals surface area contributed by atoms with Crippen molar-refractivity contribution in [2.75, 3.05) is 33.4 Å². The standard InChI is InChI=1S/C18H20N2O2/c1-21-17-9-7-16(8-10-17)19-18(15-5-3-2-4-6-15)20-11-13-22-14-12-20/h2-10H,11-14H2,1H3. The van der Waals surface area contributed by atoms with E-state index >= 15 is 0 Å². The number of hydrogen-bond acceptors (Lipinski definition) is 3. The lowest BCUT2D eigenvalue weighted by Crippen LogP contribution is -2.41. The zero-order chi connectivity index (χ0) is 15.2. The maximum atomic E-state index is 5.45. The molecule has 0 atom stereocenters. The van der Waals surface area contributed by atoms with Gasteiger partial charge in [0.1, 0.15) is 11.6 Å². The van der Waals surface area contributed by atoms with Crippen LogP contribution in [-0.4, -0.2) is 44.1 Å². The molecule has 0 amide bonds. The Bertz CT molecular complexity index is 617. The molecule has 0 aliphatic carbocycles. The summed E-state index contributed by atoms with van der Waals surface area (Å²) in [5, 5.41) is 0. The van der Waals surface area contributed by atoms with E-state index in [9.17, 15) is 0 Å². The fraction of sp³-hybridized carbons (Fsp3) is 0.278. The van der Waals surface area contributed by atoms with Gasteiger partial charge in [0.15, 0.2) is 0 Å². The minimum atomic E-state index is 0.745. The molecule has 0 saturated carbocycles. The molecule has 3 rings (SSSR count). The summed E-state index contributed by atoms with van der Waals surface area (Å²) in [5.74, 6) is 1.83. The lowest BCUT2D eigenvalue weighted by molar-refractivity contribution is 0.0683. The lowest BCUT2D eigenvalue weighted by Gasteiger charge is -2.30. The van der Waals surface area contributed by atoms with Crippen molar-refractivity contribution in [1.29, 1.82) is 0 Å². The molecule has 0 bridgehead atoms. The molecule has 4 heteroatoms. The van der Waals surface area contributed by atoms with Crippen molar-refractivity contribution in [1.82, 2.24) is 4.90 Å². The quantitative estimate of drug-likeness (QED) is 0.645. The first-order valence-corrected chi connectivity index (χ1v) is 7.48. The molecule has 4 nitrogen and oxygen atoms in total.